The van der Waals surface area contributed by atoms with E-state index in [0.29, 0.717) is 40.8 Å². The summed E-state index contributed by atoms with van der Waals surface area (Å²) in [5.41, 5.74) is 3.01. The van der Waals surface area contributed by atoms with E-state index in [1.807, 2.05) is 7.11 Å². The van der Waals surface area contributed by atoms with E-state index in [-0.39, 0.29) is 10.8 Å². The van der Waals surface area contributed by atoms with Crippen LogP contribution in [0.3, 0.4) is 0 Å². The lowest BCUT2D eigenvalue weighted by Gasteiger charge is -2.73. The van der Waals surface area contributed by atoms with Gasteiger partial charge < -0.3 is 9.84 Å². The molecular formula is C31H52O2. The Balaban J connectivity index is 1.54. The molecule has 0 bridgehead atoms. The first-order valence-corrected chi connectivity index (χ1v) is 14.2. The fourth-order valence-corrected chi connectivity index (χ4v) is 12.0. The van der Waals surface area contributed by atoms with Crippen LogP contribution in [0.15, 0.2) is 12.2 Å². The normalized spacial score (nSPS) is 55.2. The first kappa shape index (κ1) is 24.4. The van der Waals surface area contributed by atoms with Crippen LogP contribution >= 0.6 is 0 Å². The molecule has 4 unspecified atom stereocenters. The second kappa shape index (κ2) is 7.58. The predicted octanol–water partition coefficient (Wildman–Crippen LogP) is 7.65. The number of fused-ring (bicyclic) bond motifs is 7. The lowest BCUT2D eigenvalue weighted by molar-refractivity contribution is -0.251. The molecule has 5 saturated carbocycles. The average molecular weight is 457 g/mol. The van der Waals surface area contributed by atoms with Gasteiger partial charge in [-0.3, -0.25) is 0 Å². The molecule has 188 valence electrons. The maximum absolute atomic E-state index is 10.7. The van der Waals surface area contributed by atoms with Gasteiger partial charge in [0.05, 0.1) is 6.10 Å². The van der Waals surface area contributed by atoms with Crippen molar-refractivity contribution in [3.05, 3.63) is 12.2 Å². The highest BCUT2D eigenvalue weighted by molar-refractivity contribution is 5.21. The zero-order valence-electron chi connectivity index (χ0n) is 22.8. The average Bonchev–Trinajstić information content (AvgIpc) is 3.14. The number of allylic oxidation sites excluding steroid dienone is 1. The van der Waals surface area contributed by atoms with Crippen molar-refractivity contribution in [3.63, 3.8) is 0 Å². The lowest BCUT2D eigenvalue weighted by atomic mass is 9.32. The van der Waals surface area contributed by atoms with Crippen molar-refractivity contribution in [2.45, 2.75) is 112 Å². The molecule has 0 amide bonds. The summed E-state index contributed by atoms with van der Waals surface area (Å²) in [4.78, 5) is 0. The third-order valence-corrected chi connectivity index (χ3v) is 13.8. The number of hydrogen-bond acceptors (Lipinski definition) is 2. The smallest absolute Gasteiger partial charge is 0.0625 e. The first-order chi connectivity index (χ1) is 15.4. The molecule has 0 spiro atoms. The van der Waals surface area contributed by atoms with Crippen LogP contribution in [0.1, 0.15) is 106 Å². The Hall–Kier alpha value is -0.340. The van der Waals surface area contributed by atoms with Crippen LogP contribution < -0.4 is 0 Å². The van der Waals surface area contributed by atoms with Crippen molar-refractivity contribution < 1.29 is 9.84 Å². The van der Waals surface area contributed by atoms with Crippen molar-refractivity contribution in [2.24, 2.45) is 56.7 Å². The molecule has 2 nitrogen and oxygen atoms in total. The molecule has 0 radical (unpaired) electrons. The van der Waals surface area contributed by atoms with E-state index in [9.17, 15) is 5.11 Å². The Morgan fingerprint density at radius 3 is 2.21 bits per heavy atom. The second-order valence-electron chi connectivity index (χ2n) is 14.8. The van der Waals surface area contributed by atoms with Crippen LogP contribution in [0, 0.1) is 56.7 Å². The Morgan fingerprint density at radius 2 is 1.58 bits per heavy atom. The first-order valence-electron chi connectivity index (χ1n) is 14.2. The summed E-state index contributed by atoms with van der Waals surface area (Å²) in [6.45, 7) is 20.2. The molecule has 0 aromatic carbocycles. The SMILES string of the molecule is C=C(C)[C@@H]1CC[C@]2(CO)CC[C@]3(C)C(CCC4[C@@]5(C)CC[C@H](OC)C(C)(C)C5CC[C@]43C)C12. The minimum absolute atomic E-state index is 0.163. The summed E-state index contributed by atoms with van der Waals surface area (Å²) in [5, 5.41) is 10.7. The maximum atomic E-state index is 10.7. The van der Waals surface area contributed by atoms with Gasteiger partial charge in [0.1, 0.15) is 0 Å². The highest BCUT2D eigenvalue weighted by Gasteiger charge is 2.70. The highest BCUT2D eigenvalue weighted by atomic mass is 16.5. The van der Waals surface area contributed by atoms with Gasteiger partial charge in [0.15, 0.2) is 0 Å². The van der Waals surface area contributed by atoms with Gasteiger partial charge in [0.2, 0.25) is 0 Å². The number of hydrogen-bond donors (Lipinski definition) is 1. The molecule has 5 aliphatic carbocycles. The number of rotatable bonds is 3. The van der Waals surface area contributed by atoms with Crippen molar-refractivity contribution in [1.29, 1.82) is 0 Å². The number of ether oxygens (including phenoxy) is 1. The predicted molar refractivity (Wildman–Crippen MR) is 137 cm³/mol. The fourth-order valence-electron chi connectivity index (χ4n) is 12.0. The molecule has 5 fully saturated rings. The Labute approximate surface area is 204 Å². The summed E-state index contributed by atoms with van der Waals surface area (Å²) in [5.74, 6) is 3.57. The standard InChI is InChI=1S/C31H52O2/c1-20(2)21-11-16-31(19-32)18-17-29(6)22(26(21)31)9-10-24-28(5)14-13-25(33-8)27(3,4)23(28)12-15-30(24,29)7/h21-26,32H,1,9-19H2,2-8H3/t21-,22?,23?,24?,25-,26?,28-,29+,30+,31+/m0/s1. The zero-order chi connectivity index (χ0) is 24.0. The van der Waals surface area contributed by atoms with Crippen LogP contribution in [0.25, 0.3) is 0 Å². The van der Waals surface area contributed by atoms with Gasteiger partial charge in [0.25, 0.3) is 0 Å². The van der Waals surface area contributed by atoms with Crippen LogP contribution in [0.4, 0.5) is 0 Å². The number of aliphatic hydroxyl groups is 1. The number of aliphatic hydroxyl groups excluding tert-OH is 1. The van der Waals surface area contributed by atoms with Gasteiger partial charge in [-0.2, -0.15) is 0 Å². The van der Waals surface area contributed by atoms with Crippen LogP contribution in [0.5, 0.6) is 0 Å². The summed E-state index contributed by atoms with van der Waals surface area (Å²) in [6, 6.07) is 0. The van der Waals surface area contributed by atoms with E-state index < -0.39 is 0 Å². The van der Waals surface area contributed by atoms with Gasteiger partial charge >= 0.3 is 0 Å². The molecule has 0 heterocycles. The van der Waals surface area contributed by atoms with Crippen LogP contribution in [0.2, 0.25) is 0 Å². The third-order valence-electron chi connectivity index (χ3n) is 13.8. The van der Waals surface area contributed by atoms with Gasteiger partial charge in [0, 0.05) is 13.7 Å². The van der Waals surface area contributed by atoms with Crippen LogP contribution in [-0.4, -0.2) is 24.9 Å². The van der Waals surface area contributed by atoms with E-state index in [2.05, 4.69) is 48.1 Å². The lowest BCUT2D eigenvalue weighted by Crippen LogP contribution is -2.66. The van der Waals surface area contributed by atoms with Gasteiger partial charge in [-0.25, -0.2) is 0 Å². The Morgan fingerprint density at radius 1 is 0.848 bits per heavy atom. The molecule has 33 heavy (non-hydrogen) atoms. The van der Waals surface area contributed by atoms with E-state index in [4.69, 9.17) is 4.74 Å². The minimum atomic E-state index is 0.163. The van der Waals surface area contributed by atoms with Crippen LogP contribution in [-0.2, 0) is 4.74 Å². The third kappa shape index (κ3) is 2.92. The van der Waals surface area contributed by atoms with E-state index in [1.165, 1.54) is 69.8 Å². The molecule has 0 aromatic rings. The van der Waals surface area contributed by atoms with Crippen molar-refractivity contribution in [3.8, 4) is 0 Å². The van der Waals surface area contributed by atoms with Gasteiger partial charge in [-0.15, -0.1) is 0 Å². The maximum Gasteiger partial charge on any atom is 0.0625 e. The van der Waals surface area contributed by atoms with Gasteiger partial charge in [-0.1, -0.05) is 46.8 Å². The van der Waals surface area contributed by atoms with Crippen molar-refractivity contribution >= 4 is 0 Å². The molecule has 5 aliphatic rings. The molecule has 1 N–H and O–H groups in total. The quantitative estimate of drug-likeness (QED) is 0.442. The van der Waals surface area contributed by atoms with Crippen molar-refractivity contribution in [1.82, 2.24) is 0 Å². The molecule has 5 rings (SSSR count). The molecule has 10 atom stereocenters. The highest BCUT2D eigenvalue weighted by Crippen LogP contribution is 2.77. The van der Waals surface area contributed by atoms with E-state index in [1.54, 1.807) is 0 Å². The summed E-state index contributed by atoms with van der Waals surface area (Å²) in [6.07, 6.45) is 13.4. The second-order valence-corrected chi connectivity index (χ2v) is 14.8. The molecule has 2 heteroatoms. The summed E-state index contributed by atoms with van der Waals surface area (Å²) >= 11 is 0. The summed E-state index contributed by atoms with van der Waals surface area (Å²) < 4.78 is 6.04. The van der Waals surface area contributed by atoms with E-state index >= 15 is 0 Å². The monoisotopic (exact) mass is 456 g/mol. The minimum Gasteiger partial charge on any atom is -0.396 e. The van der Waals surface area contributed by atoms with Crippen molar-refractivity contribution in [2.75, 3.05) is 13.7 Å². The molecule has 0 saturated heterocycles. The molecular weight excluding hydrogens is 404 g/mol. The van der Waals surface area contributed by atoms with E-state index in [0.717, 1.165) is 17.8 Å². The summed E-state index contributed by atoms with van der Waals surface area (Å²) in [7, 11) is 1.93. The fraction of sp³-hybridized carbons (Fsp3) is 0.935. The topological polar surface area (TPSA) is 29.5 Å². The molecule has 0 aromatic heterocycles. The Kier molecular flexibility index (Phi) is 5.60. The van der Waals surface area contributed by atoms with Gasteiger partial charge in [-0.05, 0) is 128 Å². The number of methoxy groups -OCH3 is 1. The zero-order valence-corrected chi connectivity index (χ0v) is 22.8. The molecule has 0 aliphatic heterocycles. The largest absolute Gasteiger partial charge is 0.396 e. The Bertz CT molecular complexity index is 801.